The average molecular weight is 187 g/mol. The second-order valence-electron chi connectivity index (χ2n) is 2.64. The minimum Gasteiger partial charge on any atom is -0.246 e. The molecule has 2 aromatic rings. The van der Waals surface area contributed by atoms with Crippen LogP contribution in [0, 0.1) is 0 Å². The largest absolute Gasteiger partial charge is 0.246 e. The van der Waals surface area contributed by atoms with Crippen molar-refractivity contribution in [2.45, 2.75) is 0 Å². The first-order valence-corrected chi connectivity index (χ1v) is 4.85. The van der Waals surface area contributed by atoms with Gasteiger partial charge in [-0.3, -0.25) is 0 Å². The molecule has 1 aromatic heterocycles. The molecule has 0 radical (unpaired) electrons. The zero-order valence-corrected chi connectivity index (χ0v) is 7.92. The fraction of sp³-hybridized carbons (Fsp3) is 0. The fourth-order valence-electron chi connectivity index (χ4n) is 1.16. The van der Waals surface area contributed by atoms with E-state index in [4.69, 9.17) is 0 Å². The first-order valence-electron chi connectivity index (χ1n) is 4.04. The van der Waals surface area contributed by atoms with Gasteiger partial charge in [-0.1, -0.05) is 30.9 Å². The van der Waals surface area contributed by atoms with Crippen molar-refractivity contribution in [3.63, 3.8) is 0 Å². The van der Waals surface area contributed by atoms with Crippen molar-refractivity contribution in [2.24, 2.45) is 4.99 Å². The van der Waals surface area contributed by atoms with Gasteiger partial charge in [0, 0.05) is 10.9 Å². The Balaban J connectivity index is 2.49. The van der Waals surface area contributed by atoms with Crippen molar-refractivity contribution < 1.29 is 0 Å². The van der Waals surface area contributed by atoms with Crippen molar-refractivity contribution in [3.8, 4) is 0 Å². The maximum Gasteiger partial charge on any atom is 0.117 e. The molecule has 0 N–H and O–H groups in total. The molecule has 64 valence electrons. The minimum absolute atomic E-state index is 1.03. The van der Waals surface area contributed by atoms with Gasteiger partial charge in [0.05, 0.1) is 0 Å². The molecule has 0 unspecified atom stereocenters. The molecule has 0 spiro atoms. The lowest BCUT2D eigenvalue weighted by atomic mass is 10.3. The molecule has 0 aliphatic rings. The summed E-state index contributed by atoms with van der Waals surface area (Å²) in [4.78, 5) is 4.24. The number of allylic oxidation sites excluding steroid dienone is 1. The van der Waals surface area contributed by atoms with Crippen LogP contribution in [0.4, 0.5) is 5.00 Å². The van der Waals surface area contributed by atoms with E-state index in [2.05, 4.69) is 29.8 Å². The summed E-state index contributed by atoms with van der Waals surface area (Å²) < 4.78 is 1.28. The van der Waals surface area contributed by atoms with Crippen LogP contribution in [-0.4, -0.2) is 6.21 Å². The van der Waals surface area contributed by atoms with Crippen molar-refractivity contribution in [1.82, 2.24) is 0 Å². The Kier molecular flexibility index (Phi) is 2.23. The summed E-state index contributed by atoms with van der Waals surface area (Å²) in [5.74, 6) is 0. The highest BCUT2D eigenvalue weighted by molar-refractivity contribution is 7.22. The Morgan fingerprint density at radius 2 is 2.15 bits per heavy atom. The molecule has 1 heterocycles. The highest BCUT2D eigenvalue weighted by Crippen LogP contribution is 2.31. The predicted octanol–water partition coefficient (Wildman–Crippen LogP) is 3.79. The summed E-state index contributed by atoms with van der Waals surface area (Å²) in [5.41, 5.74) is 0. The SMILES string of the molecule is C=C/C=N/c1cc2ccccc2s1. The van der Waals surface area contributed by atoms with Crippen LogP contribution in [0.5, 0.6) is 0 Å². The van der Waals surface area contributed by atoms with E-state index in [-0.39, 0.29) is 0 Å². The summed E-state index contributed by atoms with van der Waals surface area (Å²) in [6.07, 6.45) is 3.40. The van der Waals surface area contributed by atoms with E-state index in [0.717, 1.165) is 5.00 Å². The number of hydrogen-bond acceptors (Lipinski definition) is 2. The van der Waals surface area contributed by atoms with Crippen LogP contribution in [0.3, 0.4) is 0 Å². The topological polar surface area (TPSA) is 12.4 Å². The van der Waals surface area contributed by atoms with E-state index < -0.39 is 0 Å². The van der Waals surface area contributed by atoms with Gasteiger partial charge in [0.2, 0.25) is 0 Å². The number of hydrogen-bond donors (Lipinski definition) is 0. The van der Waals surface area contributed by atoms with Gasteiger partial charge in [0.1, 0.15) is 5.00 Å². The van der Waals surface area contributed by atoms with Crippen LogP contribution >= 0.6 is 11.3 Å². The monoisotopic (exact) mass is 187 g/mol. The molecule has 0 aliphatic heterocycles. The lowest BCUT2D eigenvalue weighted by Crippen LogP contribution is -1.57. The molecule has 0 aliphatic carbocycles. The van der Waals surface area contributed by atoms with Crippen LogP contribution in [0.25, 0.3) is 10.1 Å². The number of aliphatic imine (C=N–C) groups is 1. The van der Waals surface area contributed by atoms with Crippen LogP contribution in [0.2, 0.25) is 0 Å². The lowest BCUT2D eigenvalue weighted by molar-refractivity contribution is 1.68. The van der Waals surface area contributed by atoms with Crippen LogP contribution in [0.15, 0.2) is 48.0 Å². The van der Waals surface area contributed by atoms with E-state index in [1.807, 2.05) is 12.1 Å². The summed E-state index contributed by atoms with van der Waals surface area (Å²) in [7, 11) is 0. The third kappa shape index (κ3) is 1.68. The summed E-state index contributed by atoms with van der Waals surface area (Å²) >= 11 is 1.69. The third-order valence-corrected chi connectivity index (χ3v) is 2.74. The summed E-state index contributed by atoms with van der Waals surface area (Å²) in [5, 5.41) is 2.28. The van der Waals surface area contributed by atoms with Crippen molar-refractivity contribution in [2.75, 3.05) is 0 Å². The van der Waals surface area contributed by atoms with E-state index in [1.54, 1.807) is 23.6 Å². The average Bonchev–Trinajstić information content (AvgIpc) is 2.57. The highest BCUT2D eigenvalue weighted by Gasteiger charge is 1.97. The molecule has 2 rings (SSSR count). The highest BCUT2D eigenvalue weighted by atomic mass is 32.1. The Labute approximate surface area is 81.1 Å². The number of benzene rings is 1. The molecular formula is C11H9NS. The van der Waals surface area contributed by atoms with Gasteiger partial charge in [0.25, 0.3) is 0 Å². The normalized spacial score (nSPS) is 11.1. The van der Waals surface area contributed by atoms with Gasteiger partial charge in [-0.05, 0) is 17.5 Å². The number of fused-ring (bicyclic) bond motifs is 1. The number of nitrogens with zero attached hydrogens (tertiary/aromatic N) is 1. The molecule has 2 heteroatoms. The first-order chi connectivity index (χ1) is 6.40. The quantitative estimate of drug-likeness (QED) is 0.634. The van der Waals surface area contributed by atoms with Gasteiger partial charge in [-0.25, -0.2) is 4.99 Å². The van der Waals surface area contributed by atoms with Crippen molar-refractivity contribution in [3.05, 3.63) is 43.0 Å². The number of thiophene rings is 1. The predicted molar refractivity (Wildman–Crippen MR) is 60.2 cm³/mol. The smallest absolute Gasteiger partial charge is 0.117 e. The molecule has 0 fully saturated rings. The molecule has 1 nitrogen and oxygen atoms in total. The lowest BCUT2D eigenvalue weighted by Gasteiger charge is -1.81. The Morgan fingerprint density at radius 3 is 2.92 bits per heavy atom. The van der Waals surface area contributed by atoms with E-state index >= 15 is 0 Å². The second-order valence-corrected chi connectivity index (χ2v) is 3.70. The van der Waals surface area contributed by atoms with E-state index in [0.29, 0.717) is 0 Å². The number of rotatable bonds is 2. The maximum atomic E-state index is 4.24. The zero-order chi connectivity index (χ0) is 9.10. The maximum absolute atomic E-state index is 4.24. The molecule has 0 bridgehead atoms. The molecule has 1 aromatic carbocycles. The molecular weight excluding hydrogens is 178 g/mol. The van der Waals surface area contributed by atoms with Crippen LogP contribution in [0.1, 0.15) is 0 Å². The van der Waals surface area contributed by atoms with Gasteiger partial charge in [0.15, 0.2) is 0 Å². The molecule has 0 saturated carbocycles. The summed E-state index contributed by atoms with van der Waals surface area (Å²) in [6.45, 7) is 3.58. The summed E-state index contributed by atoms with van der Waals surface area (Å²) in [6, 6.07) is 10.4. The van der Waals surface area contributed by atoms with Crippen molar-refractivity contribution in [1.29, 1.82) is 0 Å². The molecule has 0 amide bonds. The van der Waals surface area contributed by atoms with Crippen LogP contribution in [-0.2, 0) is 0 Å². The standard InChI is InChI=1S/C11H9NS/c1-2-7-12-11-8-9-5-3-4-6-10(9)13-11/h2-8H,1H2/b12-7+. The van der Waals surface area contributed by atoms with Crippen LogP contribution < -0.4 is 0 Å². The fourth-order valence-corrected chi connectivity index (χ4v) is 2.07. The second kappa shape index (κ2) is 3.54. The molecule has 0 saturated heterocycles. The minimum atomic E-state index is 1.03. The van der Waals surface area contributed by atoms with Gasteiger partial charge >= 0.3 is 0 Å². The van der Waals surface area contributed by atoms with E-state index in [9.17, 15) is 0 Å². The van der Waals surface area contributed by atoms with Gasteiger partial charge < -0.3 is 0 Å². The molecule has 13 heavy (non-hydrogen) atoms. The Hall–Kier alpha value is -1.41. The van der Waals surface area contributed by atoms with Crippen molar-refractivity contribution >= 4 is 32.6 Å². The Morgan fingerprint density at radius 1 is 1.31 bits per heavy atom. The van der Waals surface area contributed by atoms with Gasteiger partial charge in [-0.15, -0.1) is 11.3 Å². The Bertz CT molecular complexity index is 421. The van der Waals surface area contributed by atoms with Gasteiger partial charge in [-0.2, -0.15) is 0 Å². The molecule has 0 atom stereocenters. The first kappa shape index (κ1) is 8.20. The third-order valence-electron chi connectivity index (χ3n) is 1.72. The zero-order valence-electron chi connectivity index (χ0n) is 7.10. The van der Waals surface area contributed by atoms with E-state index in [1.165, 1.54) is 10.1 Å².